The molecule has 0 bridgehead atoms. The molecule has 3 unspecified atom stereocenters. The number of hydrogen-bond acceptors (Lipinski definition) is 3. The lowest BCUT2D eigenvalue weighted by Gasteiger charge is -2.40. The minimum Gasteiger partial charge on any atom is -0.486 e. The van der Waals surface area contributed by atoms with Gasteiger partial charge in [-0.15, -0.1) is 0 Å². The highest BCUT2D eigenvalue weighted by atomic mass is 35.5. The number of ether oxygens (including phenoxy) is 2. The highest BCUT2D eigenvalue weighted by Gasteiger charge is 2.42. The van der Waals surface area contributed by atoms with Crippen molar-refractivity contribution >= 4 is 11.6 Å². The Morgan fingerprint density at radius 1 is 1.41 bits per heavy atom. The quantitative estimate of drug-likeness (QED) is 0.880. The average Bonchev–Trinajstić information content (AvgIpc) is 2.31. The van der Waals surface area contributed by atoms with Gasteiger partial charge in [0.1, 0.15) is 18.0 Å². The summed E-state index contributed by atoms with van der Waals surface area (Å²) in [5, 5.41) is 10.2. The van der Waals surface area contributed by atoms with E-state index in [9.17, 15) is 5.11 Å². The lowest BCUT2D eigenvalue weighted by atomic mass is 9.88. The first-order chi connectivity index (χ1) is 8.22. The zero-order valence-electron chi connectivity index (χ0n) is 9.80. The van der Waals surface area contributed by atoms with Crippen LogP contribution in [0.2, 0.25) is 5.02 Å². The Morgan fingerprint density at radius 3 is 2.82 bits per heavy atom. The van der Waals surface area contributed by atoms with E-state index in [2.05, 4.69) is 0 Å². The Bertz CT molecular complexity index is 369. The third-order valence-corrected chi connectivity index (χ3v) is 3.16. The molecule has 1 aliphatic rings. The van der Waals surface area contributed by atoms with Crippen LogP contribution >= 0.6 is 11.6 Å². The molecule has 2 rings (SSSR count). The van der Waals surface area contributed by atoms with E-state index in [4.69, 9.17) is 21.1 Å². The summed E-state index contributed by atoms with van der Waals surface area (Å²) in [5.41, 5.74) is 0. The molecule has 0 saturated heterocycles. The predicted molar refractivity (Wildman–Crippen MR) is 66.5 cm³/mol. The molecule has 1 N–H and O–H groups in total. The fraction of sp³-hybridized carbons (Fsp3) is 0.538. The SMILES string of the molecule is CCCOC1C(O)CC1Oc1ccccc1Cl. The van der Waals surface area contributed by atoms with Gasteiger partial charge in [-0.3, -0.25) is 0 Å². The summed E-state index contributed by atoms with van der Waals surface area (Å²) in [4.78, 5) is 0. The van der Waals surface area contributed by atoms with Gasteiger partial charge < -0.3 is 14.6 Å². The first-order valence-electron chi connectivity index (χ1n) is 5.93. The van der Waals surface area contributed by atoms with Crippen LogP contribution in [0, 0.1) is 0 Å². The molecule has 94 valence electrons. The van der Waals surface area contributed by atoms with Crippen LogP contribution in [0.1, 0.15) is 19.8 Å². The Balaban J connectivity index is 1.93. The van der Waals surface area contributed by atoms with E-state index in [1.807, 2.05) is 25.1 Å². The molecule has 1 aliphatic carbocycles. The molecule has 3 nitrogen and oxygen atoms in total. The Labute approximate surface area is 106 Å². The molecule has 4 heteroatoms. The zero-order chi connectivity index (χ0) is 12.3. The maximum atomic E-state index is 9.61. The minimum atomic E-state index is -0.422. The van der Waals surface area contributed by atoms with Crippen molar-refractivity contribution in [1.82, 2.24) is 0 Å². The third-order valence-electron chi connectivity index (χ3n) is 2.85. The Kier molecular flexibility index (Phi) is 4.26. The highest BCUT2D eigenvalue weighted by Crippen LogP contribution is 2.32. The first-order valence-corrected chi connectivity index (χ1v) is 6.31. The highest BCUT2D eigenvalue weighted by molar-refractivity contribution is 6.32. The largest absolute Gasteiger partial charge is 0.486 e. The summed E-state index contributed by atoms with van der Waals surface area (Å²) in [6.07, 6.45) is 0.776. The third kappa shape index (κ3) is 2.92. The van der Waals surface area contributed by atoms with Crippen LogP contribution in [0.15, 0.2) is 24.3 Å². The van der Waals surface area contributed by atoms with Crippen molar-refractivity contribution in [2.45, 2.75) is 38.1 Å². The van der Waals surface area contributed by atoms with E-state index in [-0.39, 0.29) is 12.2 Å². The van der Waals surface area contributed by atoms with Crippen molar-refractivity contribution in [3.8, 4) is 5.75 Å². The summed E-state index contributed by atoms with van der Waals surface area (Å²) < 4.78 is 11.3. The molecule has 0 radical (unpaired) electrons. The number of aliphatic hydroxyl groups is 1. The van der Waals surface area contributed by atoms with Crippen LogP contribution in [-0.2, 0) is 4.74 Å². The van der Waals surface area contributed by atoms with E-state index >= 15 is 0 Å². The van der Waals surface area contributed by atoms with Crippen molar-refractivity contribution in [2.24, 2.45) is 0 Å². The van der Waals surface area contributed by atoms with Gasteiger partial charge in [0, 0.05) is 13.0 Å². The molecule has 0 spiro atoms. The van der Waals surface area contributed by atoms with Crippen molar-refractivity contribution < 1.29 is 14.6 Å². The van der Waals surface area contributed by atoms with Crippen molar-refractivity contribution in [2.75, 3.05) is 6.61 Å². The molecule has 3 atom stereocenters. The molecule has 1 saturated carbocycles. The van der Waals surface area contributed by atoms with E-state index in [1.165, 1.54) is 0 Å². The molecule has 17 heavy (non-hydrogen) atoms. The van der Waals surface area contributed by atoms with Gasteiger partial charge in [-0.05, 0) is 18.6 Å². The van der Waals surface area contributed by atoms with Gasteiger partial charge in [0.2, 0.25) is 0 Å². The fourth-order valence-electron chi connectivity index (χ4n) is 1.85. The maximum Gasteiger partial charge on any atom is 0.138 e. The maximum absolute atomic E-state index is 9.61. The van der Waals surface area contributed by atoms with Crippen LogP contribution in [0.5, 0.6) is 5.75 Å². The number of para-hydroxylation sites is 1. The molecule has 1 aromatic carbocycles. The average molecular weight is 257 g/mol. The van der Waals surface area contributed by atoms with Crippen LogP contribution in [0.3, 0.4) is 0 Å². The smallest absolute Gasteiger partial charge is 0.138 e. The molecule has 0 heterocycles. The van der Waals surface area contributed by atoms with Gasteiger partial charge in [0.25, 0.3) is 0 Å². The van der Waals surface area contributed by atoms with E-state index in [0.29, 0.717) is 23.8 Å². The van der Waals surface area contributed by atoms with Gasteiger partial charge >= 0.3 is 0 Å². The summed E-state index contributed by atoms with van der Waals surface area (Å²) in [7, 11) is 0. The monoisotopic (exact) mass is 256 g/mol. The van der Waals surface area contributed by atoms with Crippen molar-refractivity contribution in [1.29, 1.82) is 0 Å². The number of aliphatic hydroxyl groups excluding tert-OH is 1. The van der Waals surface area contributed by atoms with Gasteiger partial charge in [-0.1, -0.05) is 30.7 Å². The normalized spacial score (nSPS) is 27.6. The second-order valence-electron chi connectivity index (χ2n) is 4.23. The van der Waals surface area contributed by atoms with Gasteiger partial charge in [-0.2, -0.15) is 0 Å². The molecule has 1 fully saturated rings. The Hall–Kier alpha value is -0.770. The molecule has 0 aromatic heterocycles. The number of benzene rings is 1. The molecular weight excluding hydrogens is 240 g/mol. The fourth-order valence-corrected chi connectivity index (χ4v) is 2.03. The van der Waals surface area contributed by atoms with E-state index in [0.717, 1.165) is 6.42 Å². The predicted octanol–water partition coefficient (Wildman–Crippen LogP) is 2.65. The molecule has 0 aliphatic heterocycles. The molecule has 1 aromatic rings. The molecule has 0 amide bonds. The minimum absolute atomic E-state index is 0.101. The van der Waals surface area contributed by atoms with Crippen LogP contribution in [-0.4, -0.2) is 30.0 Å². The number of hydrogen-bond donors (Lipinski definition) is 1. The summed E-state index contributed by atoms with van der Waals surface area (Å²) in [5.74, 6) is 0.649. The Morgan fingerprint density at radius 2 is 2.18 bits per heavy atom. The second kappa shape index (κ2) is 5.71. The van der Waals surface area contributed by atoms with E-state index in [1.54, 1.807) is 6.07 Å². The summed E-state index contributed by atoms with van der Waals surface area (Å²) >= 11 is 6.01. The summed E-state index contributed by atoms with van der Waals surface area (Å²) in [6.45, 7) is 2.68. The summed E-state index contributed by atoms with van der Waals surface area (Å²) in [6, 6.07) is 7.34. The molecular formula is C13H17ClO3. The van der Waals surface area contributed by atoms with Crippen LogP contribution in [0.4, 0.5) is 0 Å². The number of halogens is 1. The lowest BCUT2D eigenvalue weighted by molar-refractivity contribution is -0.162. The van der Waals surface area contributed by atoms with Crippen LogP contribution in [0.25, 0.3) is 0 Å². The van der Waals surface area contributed by atoms with Gasteiger partial charge in [0.15, 0.2) is 0 Å². The topological polar surface area (TPSA) is 38.7 Å². The zero-order valence-corrected chi connectivity index (χ0v) is 10.6. The number of rotatable bonds is 5. The van der Waals surface area contributed by atoms with Crippen molar-refractivity contribution in [3.05, 3.63) is 29.3 Å². The van der Waals surface area contributed by atoms with Crippen LogP contribution < -0.4 is 4.74 Å². The lowest BCUT2D eigenvalue weighted by Crippen LogP contribution is -2.55. The van der Waals surface area contributed by atoms with E-state index < -0.39 is 6.10 Å². The standard InChI is InChI=1S/C13H17ClO3/c1-2-7-16-13-10(15)8-12(13)17-11-6-4-3-5-9(11)14/h3-6,10,12-13,15H,2,7-8H2,1H3. The van der Waals surface area contributed by atoms with Gasteiger partial charge in [-0.25, -0.2) is 0 Å². The second-order valence-corrected chi connectivity index (χ2v) is 4.63. The van der Waals surface area contributed by atoms with Crippen molar-refractivity contribution in [3.63, 3.8) is 0 Å². The van der Waals surface area contributed by atoms with Gasteiger partial charge in [0.05, 0.1) is 11.1 Å². The first kappa shape index (κ1) is 12.7.